The Kier molecular flexibility index (Phi) is 4.81. The van der Waals surface area contributed by atoms with Gasteiger partial charge in [-0.1, -0.05) is 18.2 Å². The van der Waals surface area contributed by atoms with Gasteiger partial charge in [-0.05, 0) is 44.0 Å². The van der Waals surface area contributed by atoms with E-state index >= 15 is 0 Å². The van der Waals surface area contributed by atoms with Gasteiger partial charge in [0.15, 0.2) is 0 Å². The highest BCUT2D eigenvalue weighted by Gasteiger charge is 2.33. The molecule has 2 aromatic rings. The number of hydrogen-bond donors (Lipinski definition) is 1. The summed E-state index contributed by atoms with van der Waals surface area (Å²) >= 11 is 1.86. The first-order valence-electron chi connectivity index (χ1n) is 7.81. The van der Waals surface area contributed by atoms with Crippen LogP contribution in [0.3, 0.4) is 0 Å². The van der Waals surface area contributed by atoms with Crippen molar-refractivity contribution in [3.05, 3.63) is 52.2 Å². The van der Waals surface area contributed by atoms with E-state index in [0.29, 0.717) is 6.61 Å². The number of likely N-dealkylation sites (tertiary alicyclic amines) is 1. The van der Waals surface area contributed by atoms with Crippen LogP contribution in [0.5, 0.6) is 5.75 Å². The normalized spacial score (nSPS) is 18.3. The standard InChI is InChI=1S/C18H23NO2S/c1-15-7-8-17(22-15)13-19-11-9-18(20,10-12-19)14-21-16-5-3-2-4-6-16/h2-8,20H,9-14H2,1H3. The number of ether oxygens (including phenoxy) is 1. The van der Waals surface area contributed by atoms with Gasteiger partial charge in [0, 0.05) is 29.4 Å². The van der Waals surface area contributed by atoms with Crippen molar-refractivity contribution in [2.75, 3.05) is 19.7 Å². The van der Waals surface area contributed by atoms with Gasteiger partial charge in [0.2, 0.25) is 0 Å². The number of rotatable bonds is 5. The molecule has 1 N–H and O–H groups in total. The summed E-state index contributed by atoms with van der Waals surface area (Å²) < 4.78 is 5.74. The SMILES string of the molecule is Cc1ccc(CN2CCC(O)(COc3ccccc3)CC2)s1. The summed E-state index contributed by atoms with van der Waals surface area (Å²) in [5.74, 6) is 0.826. The Morgan fingerprint density at radius 3 is 2.50 bits per heavy atom. The monoisotopic (exact) mass is 317 g/mol. The molecule has 118 valence electrons. The molecule has 0 bridgehead atoms. The molecule has 3 nitrogen and oxygen atoms in total. The lowest BCUT2D eigenvalue weighted by atomic mass is 9.92. The van der Waals surface area contributed by atoms with Crippen molar-refractivity contribution in [2.24, 2.45) is 0 Å². The Morgan fingerprint density at radius 1 is 1.14 bits per heavy atom. The summed E-state index contributed by atoms with van der Waals surface area (Å²) in [5, 5.41) is 10.7. The molecule has 1 aliphatic rings. The Morgan fingerprint density at radius 2 is 1.86 bits per heavy atom. The molecule has 22 heavy (non-hydrogen) atoms. The molecule has 0 saturated carbocycles. The third-order valence-corrected chi connectivity index (χ3v) is 5.20. The molecule has 1 aromatic carbocycles. The maximum absolute atomic E-state index is 10.7. The highest BCUT2D eigenvalue weighted by atomic mass is 32.1. The average molecular weight is 317 g/mol. The van der Waals surface area contributed by atoms with Crippen LogP contribution in [0.15, 0.2) is 42.5 Å². The van der Waals surface area contributed by atoms with Crippen molar-refractivity contribution in [1.29, 1.82) is 0 Å². The molecule has 0 unspecified atom stereocenters. The van der Waals surface area contributed by atoms with E-state index in [-0.39, 0.29) is 0 Å². The summed E-state index contributed by atoms with van der Waals surface area (Å²) in [6.07, 6.45) is 1.54. The van der Waals surface area contributed by atoms with Gasteiger partial charge in [-0.25, -0.2) is 0 Å². The first kappa shape index (κ1) is 15.5. The van der Waals surface area contributed by atoms with E-state index in [4.69, 9.17) is 4.74 Å². The summed E-state index contributed by atoms with van der Waals surface area (Å²) in [7, 11) is 0. The van der Waals surface area contributed by atoms with Gasteiger partial charge in [0.1, 0.15) is 18.0 Å². The summed E-state index contributed by atoms with van der Waals surface area (Å²) in [4.78, 5) is 5.19. The Labute approximate surface area is 136 Å². The van der Waals surface area contributed by atoms with E-state index in [1.54, 1.807) is 0 Å². The van der Waals surface area contributed by atoms with Gasteiger partial charge in [-0.15, -0.1) is 11.3 Å². The zero-order valence-corrected chi connectivity index (χ0v) is 13.8. The second-order valence-electron chi connectivity index (χ2n) is 6.11. The number of para-hydroxylation sites is 1. The highest BCUT2D eigenvalue weighted by Crippen LogP contribution is 2.26. The second-order valence-corrected chi connectivity index (χ2v) is 7.49. The predicted octanol–water partition coefficient (Wildman–Crippen LogP) is 3.46. The average Bonchev–Trinajstić information content (AvgIpc) is 2.94. The lowest BCUT2D eigenvalue weighted by Gasteiger charge is -2.37. The molecule has 4 heteroatoms. The molecule has 0 spiro atoms. The van der Waals surface area contributed by atoms with Crippen molar-refractivity contribution in [2.45, 2.75) is 31.9 Å². The highest BCUT2D eigenvalue weighted by molar-refractivity contribution is 7.11. The quantitative estimate of drug-likeness (QED) is 0.916. The molecule has 0 amide bonds. The van der Waals surface area contributed by atoms with Gasteiger partial charge in [0.25, 0.3) is 0 Å². The van der Waals surface area contributed by atoms with Crippen molar-refractivity contribution >= 4 is 11.3 Å². The molecule has 1 saturated heterocycles. The number of thiophene rings is 1. The van der Waals surface area contributed by atoms with Gasteiger partial charge in [-0.2, -0.15) is 0 Å². The fraction of sp³-hybridized carbons (Fsp3) is 0.444. The number of aryl methyl sites for hydroxylation is 1. The maximum Gasteiger partial charge on any atom is 0.119 e. The minimum absolute atomic E-state index is 0.378. The minimum atomic E-state index is -0.697. The van der Waals surface area contributed by atoms with Crippen LogP contribution in [-0.4, -0.2) is 35.3 Å². The van der Waals surface area contributed by atoms with Crippen LogP contribution >= 0.6 is 11.3 Å². The van der Waals surface area contributed by atoms with Gasteiger partial charge in [-0.3, -0.25) is 4.90 Å². The van der Waals surface area contributed by atoms with Crippen molar-refractivity contribution in [3.8, 4) is 5.75 Å². The molecular formula is C18H23NO2S. The maximum atomic E-state index is 10.7. The van der Waals surface area contributed by atoms with E-state index in [1.165, 1.54) is 9.75 Å². The van der Waals surface area contributed by atoms with E-state index in [1.807, 2.05) is 41.7 Å². The first-order chi connectivity index (χ1) is 10.6. The van der Waals surface area contributed by atoms with E-state index in [0.717, 1.165) is 38.2 Å². The summed E-state index contributed by atoms with van der Waals surface area (Å²) in [6.45, 7) is 5.36. The minimum Gasteiger partial charge on any atom is -0.491 e. The van der Waals surface area contributed by atoms with Crippen LogP contribution in [0.1, 0.15) is 22.6 Å². The zero-order chi connectivity index (χ0) is 15.4. The third-order valence-electron chi connectivity index (χ3n) is 4.21. The van der Waals surface area contributed by atoms with Crippen LogP contribution in [0.25, 0.3) is 0 Å². The Hall–Kier alpha value is -1.36. The first-order valence-corrected chi connectivity index (χ1v) is 8.63. The molecular weight excluding hydrogens is 294 g/mol. The number of hydrogen-bond acceptors (Lipinski definition) is 4. The van der Waals surface area contributed by atoms with Crippen LogP contribution in [-0.2, 0) is 6.54 Å². The van der Waals surface area contributed by atoms with Gasteiger partial charge >= 0.3 is 0 Å². The van der Waals surface area contributed by atoms with Crippen molar-refractivity contribution < 1.29 is 9.84 Å². The third kappa shape index (κ3) is 4.09. The largest absolute Gasteiger partial charge is 0.491 e. The fourth-order valence-corrected chi connectivity index (χ4v) is 3.73. The van der Waals surface area contributed by atoms with Gasteiger partial charge in [0.05, 0.1) is 0 Å². The van der Waals surface area contributed by atoms with Crippen LogP contribution in [0, 0.1) is 6.92 Å². The number of nitrogens with zero attached hydrogens (tertiary/aromatic N) is 1. The molecule has 0 radical (unpaired) electrons. The molecule has 0 atom stereocenters. The van der Waals surface area contributed by atoms with E-state index < -0.39 is 5.60 Å². The molecule has 1 aliphatic heterocycles. The molecule has 3 rings (SSSR count). The van der Waals surface area contributed by atoms with Gasteiger partial charge < -0.3 is 9.84 Å². The Bertz CT molecular complexity index is 588. The van der Waals surface area contributed by atoms with Crippen molar-refractivity contribution in [3.63, 3.8) is 0 Å². The molecule has 2 heterocycles. The molecule has 1 aromatic heterocycles. The summed E-state index contributed by atoms with van der Waals surface area (Å²) in [5.41, 5.74) is -0.697. The van der Waals surface area contributed by atoms with Crippen LogP contribution in [0.4, 0.5) is 0 Å². The number of piperidine rings is 1. The number of aliphatic hydroxyl groups is 1. The topological polar surface area (TPSA) is 32.7 Å². The predicted molar refractivity (Wildman–Crippen MR) is 90.5 cm³/mol. The molecule has 1 fully saturated rings. The van der Waals surface area contributed by atoms with Crippen LogP contribution in [0.2, 0.25) is 0 Å². The second kappa shape index (κ2) is 6.82. The Balaban J connectivity index is 1.47. The van der Waals surface area contributed by atoms with E-state index in [9.17, 15) is 5.11 Å². The molecule has 0 aliphatic carbocycles. The van der Waals surface area contributed by atoms with Crippen LogP contribution < -0.4 is 4.74 Å². The number of benzene rings is 1. The fourth-order valence-electron chi connectivity index (χ4n) is 2.80. The zero-order valence-electron chi connectivity index (χ0n) is 13.0. The smallest absolute Gasteiger partial charge is 0.119 e. The van der Waals surface area contributed by atoms with E-state index in [2.05, 4.69) is 24.0 Å². The summed E-state index contributed by atoms with van der Waals surface area (Å²) in [6, 6.07) is 14.1. The lowest BCUT2D eigenvalue weighted by Crippen LogP contribution is -2.47. The van der Waals surface area contributed by atoms with Crippen molar-refractivity contribution in [1.82, 2.24) is 4.90 Å². The lowest BCUT2D eigenvalue weighted by molar-refractivity contribution is -0.0535.